The van der Waals surface area contributed by atoms with E-state index in [2.05, 4.69) is 10.3 Å². The highest BCUT2D eigenvalue weighted by Gasteiger charge is 2.61. The van der Waals surface area contributed by atoms with E-state index in [9.17, 15) is 24.3 Å². The van der Waals surface area contributed by atoms with E-state index >= 15 is 4.39 Å². The third-order valence-electron chi connectivity index (χ3n) is 13.3. The number of cyclic esters (lactones) is 1. The molecule has 1 unspecified atom stereocenters. The Balaban J connectivity index is 1.28. The first-order valence-electron chi connectivity index (χ1n) is 21.7. The lowest BCUT2D eigenvalue weighted by molar-refractivity contribution is -0.290. The number of hydrogen-bond acceptors (Lipinski definition) is 12. The number of ether oxygens (including phenoxy) is 5. The van der Waals surface area contributed by atoms with Gasteiger partial charge in [0.25, 0.3) is 5.67 Å². The average Bonchev–Trinajstić information content (AvgIpc) is 3.84. The molecule has 2 aromatic rings. The minimum atomic E-state index is -3.17. The van der Waals surface area contributed by atoms with Crippen LogP contribution < -0.4 is 5.32 Å². The van der Waals surface area contributed by atoms with Crippen LogP contribution in [0.1, 0.15) is 100 Å². The van der Waals surface area contributed by atoms with Crippen LogP contribution in [0.25, 0.3) is 11.3 Å². The number of aliphatic hydroxyl groups excluding tert-OH is 1. The lowest BCUT2D eigenvalue weighted by atomic mass is 9.73. The summed E-state index contributed by atoms with van der Waals surface area (Å²) in [6, 6.07) is 8.86. The number of fused-ring (bicyclic) bond motifs is 1. The number of alkyl halides is 1. The van der Waals surface area contributed by atoms with Gasteiger partial charge < -0.3 is 43.6 Å². The Hall–Kier alpha value is -3.76. The molecular formula is C45H65FN4O10. The number of rotatable bonds is 12. The summed E-state index contributed by atoms with van der Waals surface area (Å²) in [7, 11) is 1.42. The minimum Gasteiger partial charge on any atom is -0.455 e. The normalized spacial score (nSPS) is 38.3. The first kappa shape index (κ1) is 45.8. The minimum absolute atomic E-state index is 0.00977. The molecule has 3 saturated heterocycles. The van der Waals surface area contributed by atoms with Crippen molar-refractivity contribution in [2.45, 2.75) is 173 Å². The number of nitrogens with one attached hydrogen (secondary N) is 1. The van der Waals surface area contributed by atoms with Crippen molar-refractivity contribution < 1.29 is 52.4 Å². The number of imidazole rings is 1. The van der Waals surface area contributed by atoms with Crippen LogP contribution in [-0.2, 0) is 44.6 Å². The molecule has 4 aliphatic rings. The molecule has 1 aromatic carbocycles. The second-order valence-electron chi connectivity index (χ2n) is 18.2. The van der Waals surface area contributed by atoms with Crippen LogP contribution >= 0.6 is 0 Å². The molecule has 0 spiro atoms. The summed E-state index contributed by atoms with van der Waals surface area (Å²) in [5, 5.41) is 15.0. The highest BCUT2D eigenvalue weighted by molar-refractivity contribution is 6.08. The number of esters is 1. The number of aryl methyl sites for hydroxylation is 1. The SMILES string of the molecule is CC[C@H]1OC(=O)[C@@](C)(F)C(=O)[C@@H](C)[C@@H](O[C@@H]2O[C@H](C)C[C@H](NC3CC3)[C@@H]2O)[C@](C)(OC)C[C@@H](C)C(=O)[C@H](C)C2N(CCCCn3cnc(-c4ccccc4)c3)C(=O)O[C@@]21C. The number of methoxy groups -OCH3 is 1. The van der Waals surface area contributed by atoms with Crippen LogP contribution in [0.4, 0.5) is 9.18 Å². The number of nitrogens with zero attached hydrogens (tertiary/aromatic N) is 3. The Bertz CT molecular complexity index is 1840. The molecule has 4 fully saturated rings. The van der Waals surface area contributed by atoms with Crippen LogP contribution in [0.5, 0.6) is 0 Å². The second kappa shape index (κ2) is 18.3. The van der Waals surface area contributed by atoms with Crippen LogP contribution in [0, 0.1) is 17.8 Å². The Kier molecular flexibility index (Phi) is 14.0. The largest absolute Gasteiger partial charge is 0.455 e. The van der Waals surface area contributed by atoms with Gasteiger partial charge in [0.05, 0.1) is 35.9 Å². The van der Waals surface area contributed by atoms with E-state index in [1.807, 2.05) is 48.0 Å². The number of benzene rings is 1. The van der Waals surface area contributed by atoms with Gasteiger partial charge in [0.15, 0.2) is 17.7 Å². The fourth-order valence-corrected chi connectivity index (χ4v) is 9.76. The summed E-state index contributed by atoms with van der Waals surface area (Å²) in [5.41, 5.74) is -4.33. The van der Waals surface area contributed by atoms with Gasteiger partial charge in [-0.15, -0.1) is 0 Å². The zero-order valence-electron chi connectivity index (χ0n) is 36.6. The van der Waals surface area contributed by atoms with Crippen LogP contribution in [-0.4, -0.2) is 123 Å². The monoisotopic (exact) mass is 840 g/mol. The molecular weight excluding hydrogens is 776 g/mol. The summed E-state index contributed by atoms with van der Waals surface area (Å²) >= 11 is 0. The van der Waals surface area contributed by atoms with Gasteiger partial charge in [-0.25, -0.2) is 19.0 Å². The van der Waals surface area contributed by atoms with Crippen molar-refractivity contribution in [2.24, 2.45) is 17.8 Å². The molecule has 15 heteroatoms. The van der Waals surface area contributed by atoms with Gasteiger partial charge in [-0.3, -0.25) is 9.59 Å². The molecule has 0 radical (unpaired) electrons. The standard InChI is InChI=1S/C45H65FN4O10/c1-10-34-45(8)37(50(42(55)60-45)21-15-14-20-49-24-33(47-25-49)30-16-12-11-13-17-30)28(4)35(51)26(2)23-43(6,56-9)39(29(5)38(53)44(7,46)41(54)58-34)59-40-36(52)32(22-27(3)57-40)48-31-18-19-31/h11-13,16-17,24-29,31-32,34,36-37,39-40,48,52H,10,14-15,18-23H2,1-9H3/t26-,27-,28+,29-,32+,34-,36+,37?,39-,40+,43-,44+,45-/m1/s1. The number of amides is 1. The van der Waals surface area contributed by atoms with E-state index in [0.29, 0.717) is 25.8 Å². The maximum atomic E-state index is 16.9. The van der Waals surface area contributed by atoms with Gasteiger partial charge in [-0.1, -0.05) is 58.0 Å². The summed E-state index contributed by atoms with van der Waals surface area (Å²) in [6.45, 7) is 13.5. The smallest absolute Gasteiger partial charge is 0.410 e. The van der Waals surface area contributed by atoms with Crippen molar-refractivity contribution in [3.8, 4) is 11.3 Å². The number of halogens is 1. The van der Waals surface area contributed by atoms with Crippen LogP contribution in [0.15, 0.2) is 42.9 Å². The molecule has 14 nitrogen and oxygen atoms in total. The average molecular weight is 841 g/mol. The number of ketones is 2. The van der Waals surface area contributed by atoms with Gasteiger partial charge in [0, 0.05) is 61.8 Å². The highest BCUT2D eigenvalue weighted by Crippen LogP contribution is 2.44. The van der Waals surface area contributed by atoms with Gasteiger partial charge in [-0.2, -0.15) is 0 Å². The Labute approximate surface area is 353 Å². The Morgan fingerprint density at radius 3 is 2.33 bits per heavy atom. The number of carbonyl (C=O) groups excluding carboxylic acids is 4. The van der Waals surface area contributed by atoms with Crippen molar-refractivity contribution in [3.63, 3.8) is 0 Å². The molecule has 1 saturated carbocycles. The molecule has 1 aliphatic carbocycles. The molecule has 2 N–H and O–H groups in total. The second-order valence-corrected chi connectivity index (χ2v) is 18.2. The van der Waals surface area contributed by atoms with Crippen LogP contribution in [0.2, 0.25) is 0 Å². The van der Waals surface area contributed by atoms with Crippen molar-refractivity contribution in [1.82, 2.24) is 19.8 Å². The summed E-state index contributed by atoms with van der Waals surface area (Å²) in [5.74, 6) is -5.72. The maximum absolute atomic E-state index is 16.9. The van der Waals surface area contributed by atoms with Crippen LogP contribution in [0.3, 0.4) is 0 Å². The number of unbranched alkanes of at least 4 members (excludes halogenated alkanes) is 1. The molecule has 1 aromatic heterocycles. The number of carbonyl (C=O) groups is 4. The predicted octanol–water partition coefficient (Wildman–Crippen LogP) is 5.82. The van der Waals surface area contributed by atoms with E-state index in [1.165, 1.54) is 18.9 Å². The van der Waals surface area contributed by atoms with Gasteiger partial charge in [0.1, 0.15) is 18.0 Å². The van der Waals surface area contributed by atoms with E-state index in [0.717, 1.165) is 31.0 Å². The Morgan fingerprint density at radius 1 is 1.00 bits per heavy atom. The predicted molar refractivity (Wildman–Crippen MR) is 219 cm³/mol. The topological polar surface area (TPSA) is 168 Å². The molecule has 0 bridgehead atoms. The van der Waals surface area contributed by atoms with Crippen molar-refractivity contribution in [1.29, 1.82) is 0 Å². The van der Waals surface area contributed by atoms with E-state index in [1.54, 1.807) is 40.9 Å². The van der Waals surface area contributed by atoms with Gasteiger partial charge in [0.2, 0.25) is 0 Å². The summed E-state index contributed by atoms with van der Waals surface area (Å²) in [6.07, 6.45) is 1.70. The first-order valence-corrected chi connectivity index (χ1v) is 21.7. The Morgan fingerprint density at radius 2 is 1.68 bits per heavy atom. The van der Waals surface area contributed by atoms with Crippen molar-refractivity contribution >= 4 is 23.6 Å². The molecule has 6 rings (SSSR count). The molecule has 1 amide bonds. The van der Waals surface area contributed by atoms with Crippen molar-refractivity contribution in [2.75, 3.05) is 13.7 Å². The quantitative estimate of drug-likeness (QED) is 0.150. The summed E-state index contributed by atoms with van der Waals surface area (Å²) < 4.78 is 49.6. The number of aromatic nitrogens is 2. The van der Waals surface area contributed by atoms with Gasteiger partial charge in [-0.05, 0) is 72.6 Å². The molecule has 4 heterocycles. The maximum Gasteiger partial charge on any atom is 0.410 e. The fourth-order valence-electron chi connectivity index (χ4n) is 9.76. The molecule has 3 aliphatic heterocycles. The molecule has 13 atom stereocenters. The lowest BCUT2D eigenvalue weighted by Crippen LogP contribution is -2.62. The van der Waals surface area contributed by atoms with E-state index in [-0.39, 0.29) is 43.4 Å². The lowest BCUT2D eigenvalue weighted by Gasteiger charge is -2.46. The third-order valence-corrected chi connectivity index (χ3v) is 13.3. The van der Waals surface area contributed by atoms with Gasteiger partial charge >= 0.3 is 12.1 Å². The van der Waals surface area contributed by atoms with E-state index in [4.69, 9.17) is 23.7 Å². The first-order chi connectivity index (χ1) is 28.3. The number of hydrogen-bond donors (Lipinski definition) is 2. The molecule has 332 valence electrons. The zero-order valence-corrected chi connectivity index (χ0v) is 36.6. The highest BCUT2D eigenvalue weighted by atomic mass is 19.1. The van der Waals surface area contributed by atoms with Crippen molar-refractivity contribution in [3.05, 3.63) is 42.9 Å². The fraction of sp³-hybridized carbons (Fsp3) is 0.711. The zero-order chi connectivity index (χ0) is 43.7. The number of aliphatic hydroxyl groups is 1. The number of Topliss-reactive ketones (excluding diaryl/α,β-unsaturated/α-hetero) is 2. The molecule has 60 heavy (non-hydrogen) atoms. The summed E-state index contributed by atoms with van der Waals surface area (Å²) in [4.78, 5) is 62.9. The van der Waals surface area contributed by atoms with E-state index < -0.39 is 83.1 Å². The third kappa shape index (κ3) is 9.35.